The average Bonchev–Trinajstić information content (AvgIpc) is 2.72. The molecule has 1 aliphatic rings. The Kier molecular flexibility index (Phi) is 7.86. The molecule has 0 radical (unpaired) electrons. The zero-order valence-corrected chi connectivity index (χ0v) is 19.2. The summed E-state index contributed by atoms with van der Waals surface area (Å²) >= 11 is 0. The van der Waals surface area contributed by atoms with E-state index < -0.39 is 0 Å². The fraction of sp³-hybridized carbons (Fsp3) is 0.520. The summed E-state index contributed by atoms with van der Waals surface area (Å²) in [5.74, 6) is 1.84. The molecule has 30 heavy (non-hydrogen) atoms. The molecule has 5 nitrogen and oxygen atoms in total. The third-order valence-corrected chi connectivity index (χ3v) is 5.06. The Balaban J connectivity index is 1.75. The van der Waals surface area contributed by atoms with Crippen LogP contribution >= 0.6 is 0 Å². The second-order valence-corrected chi connectivity index (χ2v) is 8.57. The van der Waals surface area contributed by atoms with E-state index in [2.05, 4.69) is 97.8 Å². The topological polar surface area (TPSA) is 28.2 Å². The zero-order valence-electron chi connectivity index (χ0n) is 19.2. The summed E-state index contributed by atoms with van der Waals surface area (Å²) in [6.45, 7) is 14.3. The predicted octanol–water partition coefficient (Wildman–Crippen LogP) is 5.56. The van der Waals surface area contributed by atoms with Crippen LogP contribution in [0, 0.1) is 0 Å². The molecule has 0 amide bonds. The normalized spacial score (nSPS) is 15.2. The molecule has 3 rings (SSSR count). The predicted molar refractivity (Wildman–Crippen MR) is 126 cm³/mol. The van der Waals surface area contributed by atoms with E-state index in [1.165, 1.54) is 24.2 Å². The molecule has 0 aliphatic carbocycles. The maximum atomic E-state index is 5.81. The minimum atomic E-state index is 0.188. The fourth-order valence-electron chi connectivity index (χ4n) is 3.69. The van der Waals surface area contributed by atoms with Gasteiger partial charge in [-0.05, 0) is 82.6 Å². The van der Waals surface area contributed by atoms with Gasteiger partial charge in [-0.1, -0.05) is 13.3 Å². The highest BCUT2D eigenvalue weighted by atomic mass is 16.5. The minimum absolute atomic E-state index is 0.188. The summed E-state index contributed by atoms with van der Waals surface area (Å²) in [6, 6.07) is 17.0. The second kappa shape index (κ2) is 10.6. The maximum Gasteiger partial charge on any atom is 0.119 e. The number of ether oxygens (including phenoxy) is 2. The van der Waals surface area contributed by atoms with E-state index in [0.717, 1.165) is 38.0 Å². The van der Waals surface area contributed by atoms with Crippen molar-refractivity contribution in [3.8, 4) is 11.5 Å². The number of benzene rings is 2. The Morgan fingerprint density at radius 3 is 1.50 bits per heavy atom. The van der Waals surface area contributed by atoms with Crippen molar-refractivity contribution in [1.82, 2.24) is 4.90 Å². The van der Waals surface area contributed by atoms with Crippen LogP contribution in [-0.4, -0.2) is 43.7 Å². The molecule has 0 bridgehead atoms. The molecule has 1 aliphatic heterocycles. The summed E-state index contributed by atoms with van der Waals surface area (Å²) in [7, 11) is 0. The molecule has 0 atom stereocenters. The first-order valence-corrected chi connectivity index (χ1v) is 11.2. The van der Waals surface area contributed by atoms with Crippen LogP contribution in [0.2, 0.25) is 0 Å². The highest BCUT2D eigenvalue weighted by Crippen LogP contribution is 2.27. The zero-order chi connectivity index (χ0) is 21.5. The number of hydrogen-bond acceptors (Lipinski definition) is 5. The van der Waals surface area contributed by atoms with Gasteiger partial charge in [0.15, 0.2) is 0 Å². The molecule has 2 aromatic carbocycles. The van der Waals surface area contributed by atoms with Crippen LogP contribution in [0.15, 0.2) is 48.5 Å². The van der Waals surface area contributed by atoms with Gasteiger partial charge in [-0.2, -0.15) is 0 Å². The third kappa shape index (κ3) is 6.30. The lowest BCUT2D eigenvalue weighted by Gasteiger charge is -2.44. The van der Waals surface area contributed by atoms with Crippen molar-refractivity contribution in [3.05, 3.63) is 48.5 Å². The Morgan fingerprint density at radius 1 is 0.700 bits per heavy atom. The van der Waals surface area contributed by atoms with Gasteiger partial charge in [-0.15, -0.1) is 0 Å². The van der Waals surface area contributed by atoms with E-state index in [9.17, 15) is 0 Å². The Bertz CT molecular complexity index is 697. The number of anilines is 2. The molecule has 1 heterocycles. The highest BCUT2D eigenvalue weighted by molar-refractivity contribution is 5.54. The van der Waals surface area contributed by atoms with Crippen LogP contribution in [-0.2, 0) is 0 Å². The lowest BCUT2D eigenvalue weighted by Crippen LogP contribution is -2.55. The van der Waals surface area contributed by atoms with Crippen molar-refractivity contribution < 1.29 is 9.47 Å². The van der Waals surface area contributed by atoms with Crippen LogP contribution < -0.4 is 19.3 Å². The molecule has 1 fully saturated rings. The monoisotopic (exact) mass is 411 g/mol. The summed E-state index contributed by atoms with van der Waals surface area (Å²) < 4.78 is 11.6. The summed E-state index contributed by atoms with van der Waals surface area (Å²) in [6.07, 6.45) is 2.80. The first-order chi connectivity index (χ1) is 14.4. The highest BCUT2D eigenvalue weighted by Gasteiger charge is 2.23. The van der Waals surface area contributed by atoms with Gasteiger partial charge in [0.2, 0.25) is 0 Å². The van der Waals surface area contributed by atoms with Crippen LogP contribution in [0.4, 0.5) is 11.4 Å². The van der Waals surface area contributed by atoms with Gasteiger partial charge in [0.1, 0.15) is 11.5 Å². The third-order valence-electron chi connectivity index (χ3n) is 5.06. The fourth-order valence-corrected chi connectivity index (χ4v) is 3.69. The standard InChI is InChI=1S/C25H37N3O2/c1-6-7-16-26-17-27(22-8-12-24(13-9-22)29-20(2)3)19-28(18-26)23-10-14-25(15-11-23)30-21(4)5/h8-15,20-21H,6-7,16-19H2,1-5H3. The summed E-state index contributed by atoms with van der Waals surface area (Å²) in [5, 5.41) is 0. The molecule has 2 aromatic rings. The average molecular weight is 412 g/mol. The second-order valence-electron chi connectivity index (χ2n) is 8.57. The molecular weight excluding hydrogens is 374 g/mol. The molecule has 164 valence electrons. The van der Waals surface area contributed by atoms with Gasteiger partial charge in [0, 0.05) is 17.9 Å². The number of nitrogens with zero attached hydrogens (tertiary/aromatic N) is 3. The van der Waals surface area contributed by atoms with Crippen molar-refractivity contribution in [2.45, 2.75) is 59.7 Å². The number of unbranched alkanes of at least 4 members (excludes halogenated alkanes) is 1. The van der Waals surface area contributed by atoms with Gasteiger partial charge in [0.05, 0.1) is 32.2 Å². The van der Waals surface area contributed by atoms with Gasteiger partial charge in [-0.3, -0.25) is 4.90 Å². The van der Waals surface area contributed by atoms with Crippen LogP contribution in [0.1, 0.15) is 47.5 Å². The first-order valence-electron chi connectivity index (χ1n) is 11.2. The summed E-state index contributed by atoms with van der Waals surface area (Å²) in [4.78, 5) is 7.37. The first kappa shape index (κ1) is 22.3. The maximum absolute atomic E-state index is 5.81. The number of rotatable bonds is 9. The van der Waals surface area contributed by atoms with Crippen molar-refractivity contribution in [3.63, 3.8) is 0 Å². The minimum Gasteiger partial charge on any atom is -0.491 e. The Labute approximate surface area is 182 Å². The van der Waals surface area contributed by atoms with E-state index in [-0.39, 0.29) is 12.2 Å². The van der Waals surface area contributed by atoms with Gasteiger partial charge in [0.25, 0.3) is 0 Å². The van der Waals surface area contributed by atoms with Crippen molar-refractivity contribution in [2.24, 2.45) is 0 Å². The van der Waals surface area contributed by atoms with Crippen molar-refractivity contribution >= 4 is 11.4 Å². The van der Waals surface area contributed by atoms with E-state index in [0.29, 0.717) is 0 Å². The van der Waals surface area contributed by atoms with Crippen LogP contribution in [0.25, 0.3) is 0 Å². The molecule has 0 saturated carbocycles. The van der Waals surface area contributed by atoms with Crippen molar-refractivity contribution in [1.29, 1.82) is 0 Å². The molecule has 1 saturated heterocycles. The SMILES string of the molecule is CCCCN1CN(c2ccc(OC(C)C)cc2)CN(c2ccc(OC(C)C)cc2)C1. The van der Waals surface area contributed by atoms with E-state index in [1.54, 1.807) is 0 Å². The van der Waals surface area contributed by atoms with Crippen molar-refractivity contribution in [2.75, 3.05) is 36.4 Å². The summed E-state index contributed by atoms with van der Waals surface area (Å²) in [5.41, 5.74) is 2.44. The number of hydrogen-bond donors (Lipinski definition) is 0. The largest absolute Gasteiger partial charge is 0.491 e. The Hall–Kier alpha value is -2.40. The van der Waals surface area contributed by atoms with Gasteiger partial charge >= 0.3 is 0 Å². The molecule has 0 aromatic heterocycles. The van der Waals surface area contributed by atoms with E-state index in [4.69, 9.17) is 9.47 Å². The smallest absolute Gasteiger partial charge is 0.119 e. The van der Waals surface area contributed by atoms with Crippen LogP contribution in [0.3, 0.4) is 0 Å². The van der Waals surface area contributed by atoms with E-state index in [1.807, 2.05) is 0 Å². The van der Waals surface area contributed by atoms with Crippen LogP contribution in [0.5, 0.6) is 11.5 Å². The molecule has 5 heteroatoms. The van der Waals surface area contributed by atoms with Gasteiger partial charge in [-0.25, -0.2) is 0 Å². The molecule has 0 unspecified atom stereocenters. The lowest BCUT2D eigenvalue weighted by atomic mass is 10.2. The molecular formula is C25H37N3O2. The lowest BCUT2D eigenvalue weighted by molar-refractivity contribution is 0.237. The van der Waals surface area contributed by atoms with E-state index >= 15 is 0 Å². The molecule has 0 N–H and O–H groups in total. The quantitative estimate of drug-likeness (QED) is 0.538. The Morgan fingerprint density at radius 2 is 1.13 bits per heavy atom. The van der Waals surface area contributed by atoms with Gasteiger partial charge < -0.3 is 19.3 Å². The molecule has 0 spiro atoms.